The van der Waals surface area contributed by atoms with E-state index >= 15 is 0 Å². The highest BCUT2D eigenvalue weighted by Gasteiger charge is 2.20. The first-order valence-corrected chi connectivity index (χ1v) is 5.71. The van der Waals surface area contributed by atoms with E-state index in [2.05, 4.69) is 10.6 Å². The summed E-state index contributed by atoms with van der Waals surface area (Å²) in [6, 6.07) is -1.71. The van der Waals surface area contributed by atoms with Crippen molar-refractivity contribution in [3.63, 3.8) is 0 Å². The molecule has 8 heteroatoms. The highest BCUT2D eigenvalue weighted by Crippen LogP contribution is 1.99. The molecule has 1 aliphatic rings. The average molecular weight is 262 g/mol. The number of aliphatic hydroxyl groups excluding tert-OH is 1. The number of amides is 2. The van der Waals surface area contributed by atoms with Crippen LogP contribution in [0.15, 0.2) is 0 Å². The Balaban J connectivity index is 2.24. The van der Waals surface area contributed by atoms with Crippen molar-refractivity contribution in [2.45, 2.75) is 18.6 Å². The summed E-state index contributed by atoms with van der Waals surface area (Å²) < 4.78 is 10.5. The fourth-order valence-corrected chi connectivity index (χ4v) is 1.46. The molecular weight excluding hydrogens is 244 g/mol. The van der Waals surface area contributed by atoms with Crippen LogP contribution in [0, 0.1) is 0 Å². The van der Waals surface area contributed by atoms with Crippen LogP contribution in [-0.2, 0) is 14.3 Å². The summed E-state index contributed by atoms with van der Waals surface area (Å²) in [5.41, 5.74) is 0. The number of carboxylic acid groups (broad SMARTS) is 1. The Kier molecular flexibility index (Phi) is 6.40. The van der Waals surface area contributed by atoms with Crippen molar-refractivity contribution in [1.82, 2.24) is 10.6 Å². The van der Waals surface area contributed by atoms with Gasteiger partial charge in [-0.25, -0.2) is 9.59 Å². The van der Waals surface area contributed by atoms with E-state index in [0.717, 1.165) is 0 Å². The molecular formula is C10H18N2O6. The maximum absolute atomic E-state index is 11.4. The first kappa shape index (κ1) is 14.7. The summed E-state index contributed by atoms with van der Waals surface area (Å²) in [7, 11) is 0. The molecule has 2 atom stereocenters. The minimum Gasteiger partial charge on any atom is -0.480 e. The number of urea groups is 1. The van der Waals surface area contributed by atoms with Gasteiger partial charge < -0.3 is 30.3 Å². The number of carboxylic acids is 1. The van der Waals surface area contributed by atoms with E-state index in [-0.39, 0.29) is 25.7 Å². The molecule has 1 rings (SSSR count). The van der Waals surface area contributed by atoms with Gasteiger partial charge in [0.15, 0.2) is 0 Å². The van der Waals surface area contributed by atoms with E-state index in [0.29, 0.717) is 19.8 Å². The highest BCUT2D eigenvalue weighted by atomic mass is 16.6. The molecule has 0 aliphatic carbocycles. The van der Waals surface area contributed by atoms with Crippen LogP contribution >= 0.6 is 0 Å². The molecule has 2 unspecified atom stereocenters. The second kappa shape index (κ2) is 7.85. The Bertz CT molecular complexity index is 280. The standard InChI is InChI=1S/C10H18N2O6/c13-2-1-8(9(14)15)12-10(16)11-5-7-6-17-3-4-18-7/h7-8,13H,1-6H2,(H,14,15)(H2,11,12,16). The lowest BCUT2D eigenvalue weighted by atomic mass is 10.2. The maximum Gasteiger partial charge on any atom is 0.326 e. The number of ether oxygens (including phenoxy) is 2. The first-order valence-electron chi connectivity index (χ1n) is 5.71. The highest BCUT2D eigenvalue weighted by molar-refractivity contribution is 5.82. The minimum atomic E-state index is -1.18. The molecule has 1 saturated heterocycles. The molecule has 0 aromatic carbocycles. The van der Waals surface area contributed by atoms with Crippen LogP contribution < -0.4 is 10.6 Å². The van der Waals surface area contributed by atoms with Gasteiger partial charge in [-0.2, -0.15) is 0 Å². The predicted octanol–water partition coefficient (Wildman–Crippen LogP) is -1.46. The Hall–Kier alpha value is -1.38. The zero-order chi connectivity index (χ0) is 13.4. The molecule has 1 heterocycles. The van der Waals surface area contributed by atoms with Gasteiger partial charge in [0.25, 0.3) is 0 Å². The van der Waals surface area contributed by atoms with Crippen LogP contribution in [0.2, 0.25) is 0 Å². The van der Waals surface area contributed by atoms with Crippen LogP contribution in [0.4, 0.5) is 4.79 Å². The van der Waals surface area contributed by atoms with Crippen molar-refractivity contribution < 1.29 is 29.3 Å². The summed E-state index contributed by atoms with van der Waals surface area (Å²) >= 11 is 0. The molecule has 0 bridgehead atoms. The number of aliphatic carboxylic acids is 1. The molecule has 0 aromatic heterocycles. The topological polar surface area (TPSA) is 117 Å². The number of hydrogen-bond acceptors (Lipinski definition) is 5. The fourth-order valence-electron chi connectivity index (χ4n) is 1.46. The smallest absolute Gasteiger partial charge is 0.326 e. The zero-order valence-electron chi connectivity index (χ0n) is 9.92. The first-order chi connectivity index (χ1) is 8.63. The number of hydrogen-bond donors (Lipinski definition) is 4. The lowest BCUT2D eigenvalue weighted by molar-refractivity contribution is -0.139. The van der Waals surface area contributed by atoms with Crippen LogP contribution in [0.3, 0.4) is 0 Å². The summed E-state index contributed by atoms with van der Waals surface area (Å²) in [5, 5.41) is 22.2. The van der Waals surface area contributed by atoms with Gasteiger partial charge in [0.1, 0.15) is 6.04 Å². The molecule has 4 N–H and O–H groups in total. The van der Waals surface area contributed by atoms with Crippen LogP contribution in [-0.4, -0.2) is 67.3 Å². The van der Waals surface area contributed by atoms with Gasteiger partial charge >= 0.3 is 12.0 Å². The Morgan fingerprint density at radius 3 is 2.72 bits per heavy atom. The summed E-state index contributed by atoms with van der Waals surface area (Å²) in [6.45, 7) is 1.36. The van der Waals surface area contributed by atoms with Crippen LogP contribution in [0.25, 0.3) is 0 Å². The van der Waals surface area contributed by atoms with E-state index in [9.17, 15) is 9.59 Å². The Morgan fingerprint density at radius 2 is 2.17 bits per heavy atom. The molecule has 1 fully saturated rings. The molecule has 0 spiro atoms. The summed E-state index contributed by atoms with van der Waals surface area (Å²) in [5.74, 6) is -1.18. The van der Waals surface area contributed by atoms with E-state index in [1.165, 1.54) is 0 Å². The fraction of sp³-hybridized carbons (Fsp3) is 0.800. The summed E-state index contributed by atoms with van der Waals surface area (Å²) in [4.78, 5) is 22.1. The average Bonchev–Trinajstić information content (AvgIpc) is 2.37. The van der Waals surface area contributed by atoms with Gasteiger partial charge in [0.05, 0.1) is 25.9 Å². The van der Waals surface area contributed by atoms with E-state index < -0.39 is 18.0 Å². The van der Waals surface area contributed by atoms with Gasteiger partial charge in [-0.15, -0.1) is 0 Å². The van der Waals surface area contributed by atoms with Crippen molar-refractivity contribution in [3.05, 3.63) is 0 Å². The summed E-state index contributed by atoms with van der Waals surface area (Å²) in [6.07, 6.45) is -0.253. The third-order valence-corrected chi connectivity index (χ3v) is 2.40. The third-order valence-electron chi connectivity index (χ3n) is 2.40. The lowest BCUT2D eigenvalue weighted by Crippen LogP contribution is -2.49. The van der Waals surface area contributed by atoms with Crippen molar-refractivity contribution in [2.75, 3.05) is 33.0 Å². The van der Waals surface area contributed by atoms with Gasteiger partial charge in [0, 0.05) is 19.6 Å². The van der Waals surface area contributed by atoms with Gasteiger partial charge in [-0.05, 0) is 0 Å². The number of aliphatic hydroxyl groups is 1. The van der Waals surface area contributed by atoms with Gasteiger partial charge in [-0.1, -0.05) is 0 Å². The van der Waals surface area contributed by atoms with Crippen LogP contribution in [0.1, 0.15) is 6.42 Å². The maximum atomic E-state index is 11.4. The number of carbonyl (C=O) groups is 2. The van der Waals surface area contributed by atoms with Gasteiger partial charge in [-0.3, -0.25) is 0 Å². The van der Waals surface area contributed by atoms with Crippen molar-refractivity contribution >= 4 is 12.0 Å². The molecule has 0 saturated carbocycles. The van der Waals surface area contributed by atoms with E-state index in [1.54, 1.807) is 0 Å². The SMILES string of the molecule is O=C(NCC1COCCO1)NC(CCO)C(=O)O. The number of rotatable bonds is 6. The van der Waals surface area contributed by atoms with E-state index in [1.807, 2.05) is 0 Å². The Morgan fingerprint density at radius 1 is 1.39 bits per heavy atom. The largest absolute Gasteiger partial charge is 0.480 e. The normalized spacial score (nSPS) is 21.1. The Labute approximate surface area is 104 Å². The second-order valence-corrected chi connectivity index (χ2v) is 3.83. The molecule has 0 radical (unpaired) electrons. The lowest BCUT2D eigenvalue weighted by Gasteiger charge is -2.23. The van der Waals surface area contributed by atoms with E-state index in [4.69, 9.17) is 19.7 Å². The quantitative estimate of drug-likeness (QED) is 0.464. The minimum absolute atomic E-state index is 0.0359. The van der Waals surface area contributed by atoms with Crippen molar-refractivity contribution in [1.29, 1.82) is 0 Å². The predicted molar refractivity (Wildman–Crippen MR) is 60.2 cm³/mol. The molecule has 8 nitrogen and oxygen atoms in total. The van der Waals surface area contributed by atoms with Crippen LogP contribution in [0.5, 0.6) is 0 Å². The number of nitrogens with one attached hydrogen (secondary N) is 2. The third kappa shape index (κ3) is 5.30. The van der Waals surface area contributed by atoms with Gasteiger partial charge in [0.2, 0.25) is 0 Å². The molecule has 0 aromatic rings. The molecule has 18 heavy (non-hydrogen) atoms. The second-order valence-electron chi connectivity index (χ2n) is 3.83. The van der Waals surface area contributed by atoms with Crippen molar-refractivity contribution in [2.24, 2.45) is 0 Å². The zero-order valence-corrected chi connectivity index (χ0v) is 9.92. The monoisotopic (exact) mass is 262 g/mol. The number of carbonyl (C=O) groups excluding carboxylic acids is 1. The van der Waals surface area contributed by atoms with Crippen molar-refractivity contribution in [3.8, 4) is 0 Å². The molecule has 1 aliphatic heterocycles. The molecule has 2 amide bonds. The molecule has 104 valence electrons.